The number of nitrogens with zero attached hydrogens (tertiary/aromatic N) is 1. The highest BCUT2D eigenvalue weighted by Crippen LogP contribution is 2.47. The lowest BCUT2D eigenvalue weighted by Crippen LogP contribution is -2.48. The minimum absolute atomic E-state index is 0. The van der Waals surface area contributed by atoms with Crippen molar-refractivity contribution in [2.45, 2.75) is 64.0 Å². The number of nitrogens with one attached hydrogen (secondary N) is 1. The van der Waals surface area contributed by atoms with Crippen molar-refractivity contribution in [2.75, 3.05) is 13.2 Å². The van der Waals surface area contributed by atoms with Gasteiger partial charge in [-0.25, -0.2) is 0 Å². The predicted octanol–water partition coefficient (Wildman–Crippen LogP) is 5.64. The number of aromatic nitrogens is 1. The number of para-hydroxylation sites is 1. The monoisotopic (exact) mass is 467 g/mol. The first-order valence-corrected chi connectivity index (χ1v) is 11.9. The first-order chi connectivity index (χ1) is 15.5. The highest BCUT2D eigenvalue weighted by molar-refractivity contribution is 6.01. The average Bonchev–Trinajstić information content (AvgIpc) is 3.00. The van der Waals surface area contributed by atoms with Crippen LogP contribution in [-0.4, -0.2) is 29.2 Å². The number of halogens is 1. The Bertz CT molecular complexity index is 1160. The molecule has 2 aromatic carbocycles. The molecule has 5 nitrogen and oxygen atoms in total. The van der Waals surface area contributed by atoms with E-state index in [0.29, 0.717) is 24.6 Å². The molecular weight excluding hydrogens is 434 g/mol. The molecule has 0 radical (unpaired) electrons. The fourth-order valence-corrected chi connectivity index (χ4v) is 5.31. The predicted molar refractivity (Wildman–Crippen MR) is 137 cm³/mol. The number of benzene rings is 2. The molecule has 1 aliphatic heterocycles. The van der Waals surface area contributed by atoms with Gasteiger partial charge in [-0.2, -0.15) is 0 Å². The summed E-state index contributed by atoms with van der Waals surface area (Å²) in [6, 6.07) is 14.6. The molecule has 3 N–H and O–H groups in total. The molecule has 2 aliphatic rings. The van der Waals surface area contributed by atoms with E-state index in [1.807, 2.05) is 26.0 Å². The zero-order valence-corrected chi connectivity index (χ0v) is 20.3. The van der Waals surface area contributed by atoms with Gasteiger partial charge >= 0.3 is 0 Å². The highest BCUT2D eigenvalue weighted by Gasteiger charge is 2.29. The van der Waals surface area contributed by atoms with Crippen LogP contribution in [0.25, 0.3) is 22.2 Å². The van der Waals surface area contributed by atoms with Gasteiger partial charge in [0.2, 0.25) is 0 Å². The van der Waals surface area contributed by atoms with E-state index < -0.39 is 5.54 Å². The number of fused-ring (bicyclic) bond motifs is 5. The summed E-state index contributed by atoms with van der Waals surface area (Å²) in [6.07, 6.45) is 6.34. The number of nitrogens with two attached hydrogens (primary N) is 1. The summed E-state index contributed by atoms with van der Waals surface area (Å²) in [5, 5.41) is 4.34. The van der Waals surface area contributed by atoms with E-state index in [2.05, 4.69) is 40.2 Å². The zero-order chi connectivity index (χ0) is 22.3. The van der Waals surface area contributed by atoms with Crippen LogP contribution in [-0.2, 0) is 6.54 Å². The van der Waals surface area contributed by atoms with Crippen LogP contribution in [0.5, 0.6) is 5.75 Å². The first kappa shape index (κ1) is 23.7. The maximum absolute atomic E-state index is 13.0. The zero-order valence-electron chi connectivity index (χ0n) is 19.5. The Balaban J connectivity index is 0.00000259. The van der Waals surface area contributed by atoms with E-state index in [0.717, 1.165) is 23.4 Å². The van der Waals surface area contributed by atoms with Crippen LogP contribution in [0.3, 0.4) is 0 Å². The van der Waals surface area contributed by atoms with Crippen LogP contribution < -0.4 is 15.8 Å². The maximum Gasteiger partial charge on any atom is 0.251 e. The molecule has 0 unspecified atom stereocenters. The Kier molecular flexibility index (Phi) is 6.73. The largest absolute Gasteiger partial charge is 0.491 e. The van der Waals surface area contributed by atoms with Crippen molar-refractivity contribution in [1.82, 2.24) is 9.88 Å². The van der Waals surface area contributed by atoms with Gasteiger partial charge in [-0.1, -0.05) is 37.5 Å². The van der Waals surface area contributed by atoms with Crippen LogP contribution >= 0.6 is 12.4 Å². The van der Waals surface area contributed by atoms with Crippen molar-refractivity contribution in [1.29, 1.82) is 0 Å². The summed E-state index contributed by atoms with van der Waals surface area (Å²) >= 11 is 0. The van der Waals surface area contributed by atoms with Crippen molar-refractivity contribution in [3.8, 4) is 17.0 Å². The van der Waals surface area contributed by atoms with Gasteiger partial charge in [0, 0.05) is 34.1 Å². The van der Waals surface area contributed by atoms with Crippen molar-refractivity contribution >= 4 is 29.2 Å². The topological polar surface area (TPSA) is 69.3 Å². The molecule has 0 bridgehead atoms. The molecule has 1 aromatic heterocycles. The van der Waals surface area contributed by atoms with Crippen LogP contribution in [0.2, 0.25) is 0 Å². The molecule has 3 aromatic rings. The smallest absolute Gasteiger partial charge is 0.251 e. The average molecular weight is 468 g/mol. The van der Waals surface area contributed by atoms with E-state index in [9.17, 15) is 4.79 Å². The standard InChI is InChI=1S/C27H33N3O2.ClH/c1-27(2,17-28)29-26(31)19-12-13-20-22(16-19)30-14-15-32-23-11-7-6-10-21(23)25(30)24(20)18-8-4-3-5-9-18;/h6-7,10-13,16,18H,3-5,8-9,14-15,17,28H2,1-2H3,(H,29,31);1H. The van der Waals surface area contributed by atoms with E-state index in [1.165, 1.54) is 48.7 Å². The van der Waals surface area contributed by atoms with Gasteiger partial charge in [0.1, 0.15) is 12.4 Å². The third-order valence-electron chi connectivity index (χ3n) is 7.06. The molecule has 33 heavy (non-hydrogen) atoms. The van der Waals surface area contributed by atoms with Crippen LogP contribution in [0.15, 0.2) is 42.5 Å². The summed E-state index contributed by atoms with van der Waals surface area (Å²) in [4.78, 5) is 13.0. The molecule has 5 rings (SSSR count). The van der Waals surface area contributed by atoms with Gasteiger partial charge < -0.3 is 20.4 Å². The molecule has 0 spiro atoms. The lowest BCUT2D eigenvalue weighted by molar-refractivity contribution is 0.0916. The van der Waals surface area contributed by atoms with Crippen LogP contribution in [0, 0.1) is 0 Å². The second-order valence-electron chi connectivity index (χ2n) is 9.87. The number of hydrogen-bond donors (Lipinski definition) is 2. The summed E-state index contributed by atoms with van der Waals surface area (Å²) in [5.41, 5.74) is 11.1. The van der Waals surface area contributed by atoms with E-state index in [1.54, 1.807) is 0 Å². The van der Waals surface area contributed by atoms with Crippen LogP contribution in [0.1, 0.15) is 67.8 Å². The Morgan fingerprint density at radius 1 is 1.15 bits per heavy atom. The normalized spacial score (nSPS) is 16.2. The van der Waals surface area contributed by atoms with Crippen molar-refractivity contribution in [3.63, 3.8) is 0 Å². The molecule has 1 fully saturated rings. The minimum Gasteiger partial charge on any atom is -0.491 e. The fourth-order valence-electron chi connectivity index (χ4n) is 5.31. The van der Waals surface area contributed by atoms with E-state index in [-0.39, 0.29) is 18.3 Å². The second-order valence-corrected chi connectivity index (χ2v) is 9.87. The quantitative estimate of drug-likeness (QED) is 0.521. The number of carbonyl (C=O) groups excluding carboxylic acids is 1. The SMILES string of the molecule is CC(C)(CN)NC(=O)c1ccc2c(C3CCCCC3)c3n(c2c1)CCOc1ccccc1-3.Cl. The Morgan fingerprint density at radius 3 is 2.67 bits per heavy atom. The Morgan fingerprint density at radius 2 is 1.91 bits per heavy atom. The molecule has 6 heteroatoms. The number of ether oxygens (including phenoxy) is 1. The maximum atomic E-state index is 13.0. The second kappa shape index (κ2) is 9.40. The summed E-state index contributed by atoms with van der Waals surface area (Å²) < 4.78 is 8.51. The number of amides is 1. The van der Waals surface area contributed by atoms with Crippen molar-refractivity contribution < 1.29 is 9.53 Å². The lowest BCUT2D eigenvalue weighted by atomic mass is 9.81. The van der Waals surface area contributed by atoms with E-state index >= 15 is 0 Å². The molecule has 2 heterocycles. The fraction of sp³-hybridized carbons (Fsp3) is 0.444. The van der Waals surface area contributed by atoms with Gasteiger partial charge in [0.05, 0.1) is 12.2 Å². The third kappa shape index (κ3) is 4.36. The summed E-state index contributed by atoms with van der Waals surface area (Å²) in [6.45, 7) is 5.67. The summed E-state index contributed by atoms with van der Waals surface area (Å²) in [5.74, 6) is 1.42. The highest BCUT2D eigenvalue weighted by atomic mass is 35.5. The third-order valence-corrected chi connectivity index (χ3v) is 7.06. The van der Waals surface area contributed by atoms with Crippen LogP contribution in [0.4, 0.5) is 0 Å². The minimum atomic E-state index is -0.442. The van der Waals surface area contributed by atoms with E-state index in [4.69, 9.17) is 10.5 Å². The molecule has 1 saturated carbocycles. The molecular formula is C27H34ClN3O2. The van der Waals surface area contributed by atoms with Crippen molar-refractivity contribution in [3.05, 3.63) is 53.6 Å². The Labute approximate surface area is 202 Å². The number of hydrogen-bond acceptors (Lipinski definition) is 3. The Hall–Kier alpha value is -2.50. The number of rotatable bonds is 4. The molecule has 1 aliphatic carbocycles. The van der Waals surface area contributed by atoms with Crippen molar-refractivity contribution in [2.24, 2.45) is 5.73 Å². The first-order valence-electron chi connectivity index (χ1n) is 11.9. The molecule has 1 amide bonds. The van der Waals surface area contributed by atoms with Gasteiger partial charge in [-0.3, -0.25) is 4.79 Å². The molecule has 0 saturated heterocycles. The van der Waals surface area contributed by atoms with Gasteiger partial charge in [0.15, 0.2) is 0 Å². The molecule has 176 valence electrons. The molecule has 0 atom stereocenters. The van der Waals surface area contributed by atoms with Gasteiger partial charge in [0.25, 0.3) is 5.91 Å². The number of carbonyl (C=O) groups is 1. The summed E-state index contributed by atoms with van der Waals surface area (Å²) in [7, 11) is 0. The van der Waals surface area contributed by atoms with Gasteiger partial charge in [-0.15, -0.1) is 12.4 Å². The van der Waals surface area contributed by atoms with Gasteiger partial charge in [-0.05, 0) is 62.4 Å². The lowest BCUT2D eigenvalue weighted by Gasteiger charge is -2.24.